The first-order valence-electron chi connectivity index (χ1n) is 12.5. The van der Waals surface area contributed by atoms with E-state index in [1.807, 2.05) is 0 Å². The number of rotatable bonds is 5. The summed E-state index contributed by atoms with van der Waals surface area (Å²) >= 11 is 0. The Kier molecular flexibility index (Phi) is 7.74. The number of fused-ring (bicyclic) bond motifs is 1. The Morgan fingerprint density at radius 3 is 1.85 bits per heavy atom. The van der Waals surface area contributed by atoms with Gasteiger partial charge in [0.25, 0.3) is 0 Å². The van der Waals surface area contributed by atoms with Crippen LogP contribution in [-0.2, 0) is 9.47 Å². The molecule has 3 heterocycles. The fourth-order valence-electron chi connectivity index (χ4n) is 5.16. The molecule has 5 rings (SSSR count). The summed E-state index contributed by atoms with van der Waals surface area (Å²) in [6.07, 6.45) is -12.6. The minimum absolute atomic E-state index is 0.0778. The molecule has 0 radical (unpaired) electrons. The van der Waals surface area contributed by atoms with Crippen LogP contribution in [0.25, 0.3) is 22.3 Å². The molecule has 2 saturated heterocycles. The van der Waals surface area contributed by atoms with E-state index in [0.29, 0.717) is 11.3 Å². The number of aliphatic hydroxyl groups excluding tert-OH is 6. The molecule has 0 saturated carbocycles. The van der Waals surface area contributed by atoms with E-state index in [2.05, 4.69) is 0 Å². The van der Waals surface area contributed by atoms with Crippen LogP contribution in [-0.4, -0.2) is 99.8 Å². The molecule has 2 aromatic carbocycles. The number of aromatic hydroxyl groups is 1. The van der Waals surface area contributed by atoms with Gasteiger partial charge in [0.2, 0.25) is 0 Å². The minimum Gasteiger partial charge on any atom is -0.506 e. The Morgan fingerprint density at radius 1 is 0.775 bits per heavy atom. The molecule has 216 valence electrons. The highest BCUT2D eigenvalue weighted by Gasteiger charge is 2.46. The molecule has 8 atom stereocenters. The molecule has 1 aromatic heterocycles. The third-order valence-corrected chi connectivity index (χ3v) is 7.32. The van der Waals surface area contributed by atoms with Crippen LogP contribution in [0.5, 0.6) is 17.2 Å². The molecule has 0 bridgehead atoms. The second-order valence-corrected chi connectivity index (χ2v) is 9.72. The van der Waals surface area contributed by atoms with Gasteiger partial charge in [0.1, 0.15) is 77.2 Å². The molecule has 13 heteroatoms. The number of methoxy groups -OCH3 is 2. The minimum atomic E-state index is -1.76. The summed E-state index contributed by atoms with van der Waals surface area (Å²) in [5.74, 6) is -0.292. The van der Waals surface area contributed by atoms with Crippen molar-refractivity contribution in [2.24, 2.45) is 0 Å². The monoisotopic (exact) mass is 562 g/mol. The Bertz CT molecular complexity index is 1440. The molecule has 7 N–H and O–H groups in total. The van der Waals surface area contributed by atoms with E-state index in [9.17, 15) is 40.5 Å². The van der Waals surface area contributed by atoms with Crippen molar-refractivity contribution in [2.75, 3.05) is 27.4 Å². The molecular weight excluding hydrogens is 532 g/mol. The van der Waals surface area contributed by atoms with E-state index in [1.165, 1.54) is 14.2 Å². The van der Waals surface area contributed by atoms with Crippen LogP contribution in [0.2, 0.25) is 0 Å². The van der Waals surface area contributed by atoms with Crippen LogP contribution in [0.1, 0.15) is 23.3 Å². The molecule has 0 aliphatic carbocycles. The van der Waals surface area contributed by atoms with E-state index < -0.39 is 73.2 Å². The topological polar surface area (TPSA) is 209 Å². The Morgan fingerprint density at radius 2 is 1.32 bits per heavy atom. The lowest BCUT2D eigenvalue weighted by Gasteiger charge is -2.38. The van der Waals surface area contributed by atoms with E-state index in [1.54, 1.807) is 24.3 Å². The van der Waals surface area contributed by atoms with Gasteiger partial charge >= 0.3 is 0 Å². The zero-order valence-corrected chi connectivity index (χ0v) is 21.5. The van der Waals surface area contributed by atoms with Gasteiger partial charge in [0.15, 0.2) is 11.0 Å². The molecule has 2 fully saturated rings. The summed E-state index contributed by atoms with van der Waals surface area (Å²) in [5.41, 5.74) is -0.893. The smallest absolute Gasteiger partial charge is 0.197 e. The van der Waals surface area contributed by atoms with Crippen molar-refractivity contribution in [3.05, 3.63) is 51.7 Å². The maximum atomic E-state index is 13.5. The number of phenols is 1. The van der Waals surface area contributed by atoms with Gasteiger partial charge in [0.05, 0.1) is 38.6 Å². The average Bonchev–Trinajstić information content (AvgIpc) is 2.95. The van der Waals surface area contributed by atoms with E-state index in [-0.39, 0.29) is 33.6 Å². The highest BCUT2D eigenvalue weighted by Crippen LogP contribution is 2.50. The second-order valence-electron chi connectivity index (χ2n) is 9.72. The van der Waals surface area contributed by atoms with Crippen molar-refractivity contribution in [3.63, 3.8) is 0 Å². The first-order chi connectivity index (χ1) is 19.1. The van der Waals surface area contributed by atoms with Gasteiger partial charge in [-0.2, -0.15) is 0 Å². The summed E-state index contributed by atoms with van der Waals surface area (Å²) in [5, 5.41) is 73.4. The van der Waals surface area contributed by atoms with Gasteiger partial charge in [-0.3, -0.25) is 4.79 Å². The van der Waals surface area contributed by atoms with Crippen molar-refractivity contribution in [1.82, 2.24) is 0 Å². The van der Waals surface area contributed by atoms with E-state index in [4.69, 9.17) is 23.4 Å². The van der Waals surface area contributed by atoms with Crippen molar-refractivity contribution in [3.8, 4) is 28.6 Å². The fraction of sp³-hybridized carbons (Fsp3) is 0.444. The zero-order valence-electron chi connectivity index (χ0n) is 21.5. The number of hydrogen-bond donors (Lipinski definition) is 7. The molecule has 0 amide bonds. The first kappa shape index (κ1) is 28.3. The van der Waals surface area contributed by atoms with Crippen LogP contribution in [0.3, 0.4) is 0 Å². The number of ether oxygens (including phenoxy) is 4. The number of benzene rings is 2. The summed E-state index contributed by atoms with van der Waals surface area (Å²) in [7, 11) is 2.71. The molecule has 40 heavy (non-hydrogen) atoms. The van der Waals surface area contributed by atoms with Crippen molar-refractivity contribution >= 4 is 11.0 Å². The Hall–Kier alpha value is -3.27. The average molecular weight is 563 g/mol. The quantitative estimate of drug-likeness (QED) is 0.209. The van der Waals surface area contributed by atoms with Crippen molar-refractivity contribution < 1.29 is 59.1 Å². The number of aliphatic hydroxyl groups is 6. The zero-order chi connectivity index (χ0) is 28.9. The molecule has 13 nitrogen and oxygen atoms in total. The van der Waals surface area contributed by atoms with Crippen LogP contribution in [0, 0.1) is 0 Å². The molecular formula is C27H30O13. The van der Waals surface area contributed by atoms with Gasteiger partial charge in [-0.25, -0.2) is 0 Å². The third kappa shape index (κ3) is 4.60. The SMILES string of the molecule is COc1ccc(-c2cc(=O)c3c(O)c([C@@H]4OC[C@@H](O)[C@@H](O)[C@@H]4O)c(OC)c([C@@H]4OC[C@H](O)[C@@H](O)[C@@H]4O)c3o2)cc1. The predicted molar refractivity (Wildman–Crippen MR) is 136 cm³/mol. The predicted octanol–water partition coefficient (Wildman–Crippen LogP) is -0.509. The van der Waals surface area contributed by atoms with Crippen molar-refractivity contribution in [2.45, 2.75) is 48.8 Å². The summed E-state index contributed by atoms with van der Waals surface area (Å²) in [4.78, 5) is 13.5. The van der Waals surface area contributed by atoms with E-state index >= 15 is 0 Å². The van der Waals surface area contributed by atoms with Crippen LogP contribution in [0.15, 0.2) is 39.5 Å². The maximum Gasteiger partial charge on any atom is 0.197 e. The standard InChI is InChI=1S/C27H30O13/c1-36-11-5-3-10(4-6-11)15-7-12(28)16-21(33)17(26-22(34)19(31)13(29)8-38-26)24(37-2)18(25(16)40-15)27-23(35)20(32)14(30)9-39-27/h3-7,13-14,19-20,22-23,26-27,29-35H,8-9H2,1-2H3/t13-,14+,19-,20-,22+,23+,26+,27+/m1/s1. The molecule has 2 aliphatic rings. The van der Waals surface area contributed by atoms with Gasteiger partial charge in [0, 0.05) is 11.6 Å². The Balaban J connectivity index is 1.81. The third-order valence-electron chi connectivity index (χ3n) is 7.32. The van der Waals surface area contributed by atoms with Crippen LogP contribution >= 0.6 is 0 Å². The normalized spacial score (nSPS) is 30.8. The highest BCUT2D eigenvalue weighted by molar-refractivity contribution is 5.92. The fourth-order valence-corrected chi connectivity index (χ4v) is 5.16. The van der Waals surface area contributed by atoms with Gasteiger partial charge in [-0.05, 0) is 24.3 Å². The largest absolute Gasteiger partial charge is 0.506 e. The molecule has 2 aliphatic heterocycles. The number of hydrogen-bond acceptors (Lipinski definition) is 13. The first-order valence-corrected chi connectivity index (χ1v) is 12.5. The lowest BCUT2D eigenvalue weighted by Crippen LogP contribution is -2.49. The lowest BCUT2D eigenvalue weighted by atomic mass is 9.86. The molecule has 0 spiro atoms. The van der Waals surface area contributed by atoms with E-state index in [0.717, 1.165) is 6.07 Å². The summed E-state index contributed by atoms with van der Waals surface area (Å²) < 4.78 is 28.1. The highest BCUT2D eigenvalue weighted by atomic mass is 16.5. The van der Waals surface area contributed by atoms with Gasteiger partial charge in [-0.1, -0.05) is 0 Å². The lowest BCUT2D eigenvalue weighted by molar-refractivity contribution is -0.191. The summed E-state index contributed by atoms with van der Waals surface area (Å²) in [6, 6.07) is 7.71. The van der Waals surface area contributed by atoms with Crippen molar-refractivity contribution in [1.29, 1.82) is 0 Å². The van der Waals surface area contributed by atoms with Crippen LogP contribution in [0.4, 0.5) is 0 Å². The summed E-state index contributed by atoms with van der Waals surface area (Å²) in [6.45, 7) is -0.822. The number of phenolic OH excluding ortho intramolecular Hbond substituents is 1. The van der Waals surface area contributed by atoms with Gasteiger partial charge < -0.3 is 59.1 Å². The molecule has 3 aromatic rings. The van der Waals surface area contributed by atoms with Gasteiger partial charge in [-0.15, -0.1) is 0 Å². The van der Waals surface area contributed by atoms with Crippen LogP contribution < -0.4 is 14.9 Å². The Labute approximate surface area is 227 Å². The molecule has 0 unspecified atom stereocenters. The second kappa shape index (κ2) is 11.0. The maximum absolute atomic E-state index is 13.5.